The molecule has 2 aromatic carbocycles. The molecule has 3 N–H and O–H groups in total. The van der Waals surface area contributed by atoms with Gasteiger partial charge in [0.25, 0.3) is 11.8 Å². The lowest BCUT2D eigenvalue weighted by Crippen LogP contribution is -2.41. The first-order valence-corrected chi connectivity index (χ1v) is 9.17. The number of hydrogen-bond acceptors (Lipinski definition) is 5. The van der Waals surface area contributed by atoms with Crippen LogP contribution in [0.25, 0.3) is 0 Å². The molecule has 0 aliphatic carbocycles. The van der Waals surface area contributed by atoms with E-state index in [0.717, 1.165) is 0 Å². The molecule has 8 nitrogen and oxygen atoms in total. The summed E-state index contributed by atoms with van der Waals surface area (Å²) in [5.74, 6) is -0.570. The maximum atomic E-state index is 12.7. The van der Waals surface area contributed by atoms with Crippen LogP contribution in [0.4, 0.5) is 11.4 Å². The van der Waals surface area contributed by atoms with Gasteiger partial charge in [-0.3, -0.25) is 14.4 Å². The zero-order valence-corrected chi connectivity index (χ0v) is 16.5. The van der Waals surface area contributed by atoms with Gasteiger partial charge in [0.05, 0.1) is 24.6 Å². The maximum absolute atomic E-state index is 12.7. The van der Waals surface area contributed by atoms with Crippen molar-refractivity contribution in [3.63, 3.8) is 0 Å². The highest BCUT2D eigenvalue weighted by atomic mass is 16.5. The van der Waals surface area contributed by atoms with Gasteiger partial charge in [0, 0.05) is 5.69 Å². The third-order valence-electron chi connectivity index (χ3n) is 4.26. The number of amides is 3. The molecule has 1 aromatic heterocycles. The first kappa shape index (κ1) is 20.7. The molecule has 0 radical (unpaired) electrons. The highest BCUT2D eigenvalue weighted by Gasteiger charge is 2.20. The fourth-order valence-electron chi connectivity index (χ4n) is 2.65. The van der Waals surface area contributed by atoms with E-state index in [1.165, 1.54) is 12.3 Å². The van der Waals surface area contributed by atoms with Gasteiger partial charge in [0.2, 0.25) is 5.91 Å². The highest BCUT2D eigenvalue weighted by molar-refractivity contribution is 6.09. The monoisotopic (exact) mass is 407 g/mol. The Labute approximate surface area is 173 Å². The van der Waals surface area contributed by atoms with Gasteiger partial charge >= 0.3 is 0 Å². The minimum atomic E-state index is -0.812. The zero-order chi connectivity index (χ0) is 21.5. The second kappa shape index (κ2) is 9.42. The van der Waals surface area contributed by atoms with Gasteiger partial charge in [-0.15, -0.1) is 0 Å². The molecule has 0 unspecified atom stereocenters. The van der Waals surface area contributed by atoms with Crippen molar-refractivity contribution in [2.24, 2.45) is 0 Å². The summed E-state index contributed by atoms with van der Waals surface area (Å²) in [5, 5.41) is 8.00. The molecule has 1 atom stereocenters. The molecule has 8 heteroatoms. The van der Waals surface area contributed by atoms with E-state index in [1.807, 2.05) is 0 Å². The maximum Gasteiger partial charge on any atom is 0.291 e. The molecule has 30 heavy (non-hydrogen) atoms. The third-order valence-corrected chi connectivity index (χ3v) is 4.26. The van der Waals surface area contributed by atoms with Crippen LogP contribution in [-0.2, 0) is 4.79 Å². The van der Waals surface area contributed by atoms with Crippen molar-refractivity contribution < 1.29 is 23.5 Å². The number of furan rings is 1. The average molecular weight is 407 g/mol. The average Bonchev–Trinajstić information content (AvgIpc) is 3.29. The van der Waals surface area contributed by atoms with E-state index in [2.05, 4.69) is 16.0 Å². The molecule has 0 bridgehead atoms. The number of para-hydroxylation sites is 1. The zero-order valence-electron chi connectivity index (χ0n) is 16.5. The van der Waals surface area contributed by atoms with Crippen LogP contribution in [0.15, 0.2) is 71.3 Å². The van der Waals surface area contributed by atoms with Crippen molar-refractivity contribution in [1.29, 1.82) is 0 Å². The first-order chi connectivity index (χ1) is 14.5. The normalized spacial score (nSPS) is 11.3. The number of methoxy groups -OCH3 is 1. The summed E-state index contributed by atoms with van der Waals surface area (Å²) in [4.78, 5) is 37.3. The number of anilines is 2. The molecular weight excluding hydrogens is 386 g/mol. The lowest BCUT2D eigenvalue weighted by molar-refractivity contribution is -0.117. The fraction of sp³-hybridized carbons (Fsp3) is 0.136. The molecular formula is C22H21N3O5. The van der Waals surface area contributed by atoms with Crippen LogP contribution >= 0.6 is 0 Å². The molecule has 0 aliphatic heterocycles. The van der Waals surface area contributed by atoms with Gasteiger partial charge in [0.15, 0.2) is 5.76 Å². The van der Waals surface area contributed by atoms with E-state index in [0.29, 0.717) is 17.1 Å². The van der Waals surface area contributed by atoms with Gasteiger partial charge < -0.3 is 25.1 Å². The molecule has 0 fully saturated rings. The molecule has 3 aromatic rings. The lowest BCUT2D eigenvalue weighted by atomic mass is 10.1. The summed E-state index contributed by atoms with van der Waals surface area (Å²) >= 11 is 0. The molecule has 1 heterocycles. The lowest BCUT2D eigenvalue weighted by Gasteiger charge is -2.16. The Morgan fingerprint density at radius 1 is 0.900 bits per heavy atom. The standard InChI is InChI=1S/C22H21N3O5/c1-14(20(26)24-15-9-11-16(29-2)12-10-15)23-21(27)17-6-3-4-7-18(17)25-22(28)19-8-5-13-30-19/h3-14H,1-2H3,(H,23,27)(H,24,26)(H,25,28)/t14-/m1/s1. The van der Waals surface area contributed by atoms with Crippen LogP contribution in [-0.4, -0.2) is 30.9 Å². The largest absolute Gasteiger partial charge is 0.497 e. The number of ether oxygens (including phenoxy) is 1. The minimum Gasteiger partial charge on any atom is -0.497 e. The van der Waals surface area contributed by atoms with Crippen molar-refractivity contribution in [3.05, 3.63) is 78.3 Å². The second-order valence-corrected chi connectivity index (χ2v) is 6.39. The summed E-state index contributed by atoms with van der Waals surface area (Å²) < 4.78 is 10.1. The fourth-order valence-corrected chi connectivity index (χ4v) is 2.65. The smallest absolute Gasteiger partial charge is 0.291 e. The van der Waals surface area contributed by atoms with Crippen molar-refractivity contribution in [1.82, 2.24) is 5.32 Å². The summed E-state index contributed by atoms with van der Waals surface area (Å²) in [7, 11) is 1.56. The van der Waals surface area contributed by atoms with Crippen molar-refractivity contribution in [3.8, 4) is 5.75 Å². The predicted octanol–water partition coefficient (Wildman–Crippen LogP) is 3.30. The van der Waals surface area contributed by atoms with Crippen LogP contribution < -0.4 is 20.7 Å². The molecule has 154 valence electrons. The minimum absolute atomic E-state index is 0.123. The van der Waals surface area contributed by atoms with Gasteiger partial charge in [-0.1, -0.05) is 12.1 Å². The number of benzene rings is 2. The van der Waals surface area contributed by atoms with Gasteiger partial charge in [-0.05, 0) is 55.5 Å². The van der Waals surface area contributed by atoms with E-state index in [4.69, 9.17) is 9.15 Å². The number of nitrogens with one attached hydrogen (secondary N) is 3. The quantitative estimate of drug-likeness (QED) is 0.557. The van der Waals surface area contributed by atoms with E-state index in [9.17, 15) is 14.4 Å². The third kappa shape index (κ3) is 5.05. The Morgan fingerprint density at radius 2 is 1.63 bits per heavy atom. The molecule has 0 aliphatic rings. The Kier molecular flexibility index (Phi) is 6.49. The molecule has 0 saturated carbocycles. The Hall–Kier alpha value is -4.07. The second-order valence-electron chi connectivity index (χ2n) is 6.39. The molecule has 0 saturated heterocycles. The van der Waals surface area contributed by atoms with Crippen molar-refractivity contribution in [2.75, 3.05) is 17.7 Å². The Bertz CT molecular complexity index is 1030. The number of rotatable bonds is 7. The molecule has 0 spiro atoms. The number of carbonyl (C=O) groups is 3. The van der Waals surface area contributed by atoms with Gasteiger partial charge in [-0.25, -0.2) is 0 Å². The van der Waals surface area contributed by atoms with Crippen molar-refractivity contribution >= 4 is 29.1 Å². The first-order valence-electron chi connectivity index (χ1n) is 9.17. The highest BCUT2D eigenvalue weighted by Crippen LogP contribution is 2.18. The number of carbonyl (C=O) groups excluding carboxylic acids is 3. The summed E-state index contributed by atoms with van der Waals surface area (Å²) in [6, 6.07) is 15.6. The summed E-state index contributed by atoms with van der Waals surface area (Å²) in [5.41, 5.74) is 1.11. The van der Waals surface area contributed by atoms with Crippen LogP contribution in [0.5, 0.6) is 5.75 Å². The Balaban J connectivity index is 1.64. The van der Waals surface area contributed by atoms with E-state index < -0.39 is 17.9 Å². The van der Waals surface area contributed by atoms with Gasteiger partial charge in [0.1, 0.15) is 11.8 Å². The summed E-state index contributed by atoms with van der Waals surface area (Å²) in [6.07, 6.45) is 1.39. The van der Waals surface area contributed by atoms with Crippen LogP contribution in [0, 0.1) is 0 Å². The van der Waals surface area contributed by atoms with Gasteiger partial charge in [-0.2, -0.15) is 0 Å². The van der Waals surface area contributed by atoms with Crippen LogP contribution in [0.1, 0.15) is 27.8 Å². The molecule has 3 rings (SSSR count). The van der Waals surface area contributed by atoms with E-state index in [1.54, 1.807) is 68.6 Å². The number of hydrogen-bond donors (Lipinski definition) is 3. The predicted molar refractivity (Wildman–Crippen MR) is 112 cm³/mol. The Morgan fingerprint density at radius 3 is 2.30 bits per heavy atom. The van der Waals surface area contributed by atoms with Crippen molar-refractivity contribution in [2.45, 2.75) is 13.0 Å². The van der Waals surface area contributed by atoms with E-state index in [-0.39, 0.29) is 17.2 Å². The van der Waals surface area contributed by atoms with Crippen LogP contribution in [0.3, 0.4) is 0 Å². The topological polar surface area (TPSA) is 110 Å². The van der Waals surface area contributed by atoms with Crippen LogP contribution in [0.2, 0.25) is 0 Å². The van der Waals surface area contributed by atoms with E-state index >= 15 is 0 Å². The molecule has 3 amide bonds. The summed E-state index contributed by atoms with van der Waals surface area (Å²) in [6.45, 7) is 1.57. The SMILES string of the molecule is COc1ccc(NC(=O)[C@@H](C)NC(=O)c2ccccc2NC(=O)c2ccco2)cc1.